The Labute approximate surface area is 124 Å². The van der Waals surface area contributed by atoms with E-state index in [1.54, 1.807) is 11.8 Å². The van der Waals surface area contributed by atoms with Crippen molar-refractivity contribution in [3.8, 4) is 0 Å². The standard InChI is InChI=1S/C12H12ClN5OS/c13-6-1-2-9-7(5-6)8(3-4-20-9)15-11(19)10-16-12(14)18-17-10/h1-2,5,8H,3-4H2,(H,15,19)(H3,14,16,17,18). The third-order valence-corrected chi connectivity index (χ3v) is 4.39. The van der Waals surface area contributed by atoms with E-state index in [4.69, 9.17) is 17.3 Å². The van der Waals surface area contributed by atoms with E-state index in [2.05, 4.69) is 20.5 Å². The molecule has 0 fully saturated rings. The Bertz CT molecular complexity index is 659. The van der Waals surface area contributed by atoms with E-state index < -0.39 is 0 Å². The number of nitrogens with zero attached hydrogens (tertiary/aromatic N) is 2. The molecule has 1 aromatic heterocycles. The summed E-state index contributed by atoms with van der Waals surface area (Å²) in [4.78, 5) is 17.0. The Morgan fingerprint density at radius 2 is 2.40 bits per heavy atom. The molecule has 0 saturated carbocycles. The molecule has 0 saturated heterocycles. The van der Waals surface area contributed by atoms with Crippen molar-refractivity contribution in [2.75, 3.05) is 11.5 Å². The largest absolute Gasteiger partial charge is 0.366 e. The van der Waals surface area contributed by atoms with Gasteiger partial charge in [0.15, 0.2) is 0 Å². The number of nitrogens with one attached hydrogen (secondary N) is 2. The van der Waals surface area contributed by atoms with Crippen molar-refractivity contribution in [1.29, 1.82) is 0 Å². The van der Waals surface area contributed by atoms with Crippen LogP contribution in [0, 0.1) is 0 Å². The number of hydrogen-bond acceptors (Lipinski definition) is 5. The summed E-state index contributed by atoms with van der Waals surface area (Å²) in [5.74, 6) is 0.789. The van der Waals surface area contributed by atoms with Gasteiger partial charge in [-0.15, -0.1) is 16.9 Å². The summed E-state index contributed by atoms with van der Waals surface area (Å²) in [6.07, 6.45) is 0.841. The molecule has 1 unspecified atom stereocenters. The predicted octanol–water partition coefficient (Wildman–Crippen LogP) is 2.01. The Morgan fingerprint density at radius 1 is 1.55 bits per heavy atom. The lowest BCUT2D eigenvalue weighted by Gasteiger charge is -2.25. The first-order valence-corrected chi connectivity index (χ1v) is 7.41. The van der Waals surface area contributed by atoms with Gasteiger partial charge < -0.3 is 11.1 Å². The number of halogens is 1. The summed E-state index contributed by atoms with van der Waals surface area (Å²) in [5, 5.41) is 9.74. The Balaban J connectivity index is 1.82. The second-order valence-corrected chi connectivity index (χ2v) is 5.96. The predicted molar refractivity (Wildman–Crippen MR) is 77.8 cm³/mol. The molecule has 4 N–H and O–H groups in total. The maximum Gasteiger partial charge on any atom is 0.289 e. The lowest BCUT2D eigenvalue weighted by molar-refractivity contribution is 0.0925. The molecule has 6 nitrogen and oxygen atoms in total. The molecule has 2 aromatic rings. The summed E-state index contributed by atoms with van der Waals surface area (Å²) in [6.45, 7) is 0. The van der Waals surface area contributed by atoms with Gasteiger partial charge in [0.05, 0.1) is 6.04 Å². The maximum atomic E-state index is 12.1. The number of nitrogens with two attached hydrogens (primary N) is 1. The number of aromatic amines is 1. The second kappa shape index (κ2) is 5.34. The van der Waals surface area contributed by atoms with E-state index in [0.717, 1.165) is 22.6 Å². The van der Waals surface area contributed by atoms with Gasteiger partial charge in [0.25, 0.3) is 5.91 Å². The van der Waals surface area contributed by atoms with Crippen LogP contribution < -0.4 is 11.1 Å². The van der Waals surface area contributed by atoms with Gasteiger partial charge in [0, 0.05) is 15.7 Å². The zero-order valence-electron chi connectivity index (χ0n) is 10.4. The lowest BCUT2D eigenvalue weighted by atomic mass is 10.0. The first-order valence-electron chi connectivity index (χ1n) is 6.04. The molecule has 3 rings (SSSR count). The molecule has 0 spiro atoms. The van der Waals surface area contributed by atoms with Crippen LogP contribution in [-0.2, 0) is 0 Å². The van der Waals surface area contributed by atoms with Gasteiger partial charge in [-0.05, 0) is 30.2 Å². The Hall–Kier alpha value is -1.73. The summed E-state index contributed by atoms with van der Waals surface area (Å²) < 4.78 is 0. The van der Waals surface area contributed by atoms with Crippen molar-refractivity contribution in [3.63, 3.8) is 0 Å². The monoisotopic (exact) mass is 309 g/mol. The van der Waals surface area contributed by atoms with Gasteiger partial charge in [-0.1, -0.05) is 11.6 Å². The molecule has 1 amide bonds. The third-order valence-electron chi connectivity index (χ3n) is 3.03. The van der Waals surface area contributed by atoms with Gasteiger partial charge in [-0.3, -0.25) is 9.89 Å². The van der Waals surface area contributed by atoms with Gasteiger partial charge in [0.1, 0.15) is 0 Å². The minimum absolute atomic E-state index is 0.0535. The number of anilines is 1. The summed E-state index contributed by atoms with van der Waals surface area (Å²) >= 11 is 7.79. The van der Waals surface area contributed by atoms with Crippen LogP contribution in [0.5, 0.6) is 0 Å². The fourth-order valence-electron chi connectivity index (χ4n) is 2.12. The molecule has 0 radical (unpaired) electrons. The van der Waals surface area contributed by atoms with Crippen molar-refractivity contribution >= 4 is 35.2 Å². The Morgan fingerprint density at radius 3 is 3.15 bits per heavy atom. The summed E-state index contributed by atoms with van der Waals surface area (Å²) in [7, 11) is 0. The number of rotatable bonds is 2. The normalized spacial score (nSPS) is 17.6. The second-order valence-electron chi connectivity index (χ2n) is 4.39. The number of thioether (sulfide) groups is 1. The van der Waals surface area contributed by atoms with E-state index in [1.807, 2.05) is 18.2 Å². The van der Waals surface area contributed by atoms with Gasteiger partial charge in [0.2, 0.25) is 11.8 Å². The topological polar surface area (TPSA) is 96.7 Å². The van der Waals surface area contributed by atoms with Crippen LogP contribution in [-0.4, -0.2) is 26.8 Å². The smallest absolute Gasteiger partial charge is 0.289 e. The maximum absolute atomic E-state index is 12.1. The highest BCUT2D eigenvalue weighted by molar-refractivity contribution is 7.99. The SMILES string of the molecule is Nc1n[nH]c(C(=O)NC2CCSc3ccc(Cl)cc32)n1. The molecule has 1 aromatic carbocycles. The van der Waals surface area contributed by atoms with E-state index >= 15 is 0 Å². The number of hydrogen-bond donors (Lipinski definition) is 3. The van der Waals surface area contributed by atoms with Crippen molar-refractivity contribution in [1.82, 2.24) is 20.5 Å². The van der Waals surface area contributed by atoms with Crippen LogP contribution in [0.25, 0.3) is 0 Å². The number of nitrogen functional groups attached to an aromatic ring is 1. The molecule has 20 heavy (non-hydrogen) atoms. The van der Waals surface area contributed by atoms with Gasteiger partial charge >= 0.3 is 0 Å². The molecule has 1 atom stereocenters. The zero-order valence-corrected chi connectivity index (χ0v) is 12.0. The van der Waals surface area contributed by atoms with Crippen LogP contribution in [0.4, 0.5) is 5.95 Å². The molecule has 1 aliphatic heterocycles. The minimum atomic E-state index is -0.322. The average molecular weight is 310 g/mol. The number of carbonyl (C=O) groups excluding carboxylic acids is 1. The fraction of sp³-hybridized carbons (Fsp3) is 0.250. The molecule has 104 valence electrons. The van der Waals surface area contributed by atoms with Crippen molar-refractivity contribution in [3.05, 3.63) is 34.6 Å². The van der Waals surface area contributed by atoms with Crippen LogP contribution >= 0.6 is 23.4 Å². The summed E-state index contributed by atoms with van der Waals surface area (Å²) in [5.41, 5.74) is 6.43. The van der Waals surface area contributed by atoms with E-state index in [1.165, 1.54) is 0 Å². The number of benzene rings is 1. The highest BCUT2D eigenvalue weighted by Gasteiger charge is 2.24. The number of H-pyrrole nitrogens is 1. The summed E-state index contributed by atoms with van der Waals surface area (Å²) in [6, 6.07) is 5.65. The highest BCUT2D eigenvalue weighted by Crippen LogP contribution is 2.37. The minimum Gasteiger partial charge on any atom is -0.366 e. The number of aromatic nitrogens is 3. The fourth-order valence-corrected chi connectivity index (χ4v) is 3.40. The highest BCUT2D eigenvalue weighted by atomic mass is 35.5. The Kier molecular flexibility index (Phi) is 3.54. The lowest BCUT2D eigenvalue weighted by Crippen LogP contribution is -2.31. The van der Waals surface area contributed by atoms with E-state index in [-0.39, 0.29) is 23.7 Å². The van der Waals surface area contributed by atoms with E-state index in [0.29, 0.717) is 5.02 Å². The molecular formula is C12H12ClN5OS. The first kappa shape index (κ1) is 13.3. The number of carbonyl (C=O) groups is 1. The quantitative estimate of drug-likeness (QED) is 0.788. The van der Waals surface area contributed by atoms with Crippen LogP contribution in [0.15, 0.2) is 23.1 Å². The third kappa shape index (κ3) is 2.59. The van der Waals surface area contributed by atoms with Crippen LogP contribution in [0.2, 0.25) is 5.02 Å². The molecule has 2 heterocycles. The molecule has 8 heteroatoms. The molecule has 0 aliphatic carbocycles. The van der Waals surface area contributed by atoms with Gasteiger partial charge in [-0.2, -0.15) is 4.98 Å². The zero-order chi connectivity index (χ0) is 14.1. The molecule has 1 aliphatic rings. The van der Waals surface area contributed by atoms with Crippen LogP contribution in [0.3, 0.4) is 0 Å². The van der Waals surface area contributed by atoms with Gasteiger partial charge in [-0.25, -0.2) is 0 Å². The average Bonchev–Trinajstić information content (AvgIpc) is 2.86. The van der Waals surface area contributed by atoms with E-state index in [9.17, 15) is 4.79 Å². The number of amides is 1. The number of fused-ring (bicyclic) bond motifs is 1. The molecule has 0 bridgehead atoms. The van der Waals surface area contributed by atoms with Crippen molar-refractivity contribution < 1.29 is 4.79 Å². The van der Waals surface area contributed by atoms with Crippen molar-refractivity contribution in [2.24, 2.45) is 0 Å². The van der Waals surface area contributed by atoms with Crippen LogP contribution in [0.1, 0.15) is 28.6 Å². The molecular weight excluding hydrogens is 298 g/mol. The van der Waals surface area contributed by atoms with Crippen molar-refractivity contribution in [2.45, 2.75) is 17.4 Å². The first-order chi connectivity index (χ1) is 9.63.